The van der Waals surface area contributed by atoms with E-state index in [0.717, 1.165) is 70.3 Å². The van der Waals surface area contributed by atoms with Gasteiger partial charge in [-0.2, -0.15) is 4.58 Å². The third-order valence-electron chi connectivity index (χ3n) is 11.7. The number of rotatable bonds is 21. The third kappa shape index (κ3) is 11.7. The molecule has 2 aliphatic heterocycles. The molecule has 0 aromatic heterocycles. The summed E-state index contributed by atoms with van der Waals surface area (Å²) in [6, 6.07) is 17.8. The maximum absolute atomic E-state index is 5.73. The summed E-state index contributed by atoms with van der Waals surface area (Å²) >= 11 is 0. The molecule has 0 saturated heterocycles. The first-order valence-electron chi connectivity index (χ1n) is 21.3. The van der Waals surface area contributed by atoms with Crippen LogP contribution in [0.5, 0.6) is 0 Å². The first kappa shape index (κ1) is 43.4. The van der Waals surface area contributed by atoms with E-state index in [2.05, 4.69) is 156 Å². The summed E-state index contributed by atoms with van der Waals surface area (Å²) in [7, 11) is 2.20. The van der Waals surface area contributed by atoms with E-state index in [-0.39, 0.29) is 10.8 Å². The predicted molar refractivity (Wildman–Crippen MR) is 237 cm³/mol. The molecular weight excluding hydrogens is 691 g/mol. The molecule has 2 aromatic carbocycles. The Morgan fingerprint density at radius 3 is 2.21 bits per heavy atom. The smallest absolute Gasteiger partial charge is 0.209 e. The van der Waals surface area contributed by atoms with Crippen LogP contribution >= 0.6 is 0 Å². The van der Waals surface area contributed by atoms with Gasteiger partial charge >= 0.3 is 0 Å². The van der Waals surface area contributed by atoms with Crippen LogP contribution in [0.3, 0.4) is 0 Å². The van der Waals surface area contributed by atoms with Crippen molar-refractivity contribution in [2.24, 2.45) is 5.41 Å². The van der Waals surface area contributed by atoms with Crippen LogP contribution in [0.4, 0.5) is 11.4 Å². The summed E-state index contributed by atoms with van der Waals surface area (Å²) in [5.74, 6) is 0. The maximum Gasteiger partial charge on any atom is 0.209 e. The molecule has 6 heteroatoms. The van der Waals surface area contributed by atoms with Crippen molar-refractivity contribution in [1.29, 1.82) is 0 Å². The van der Waals surface area contributed by atoms with E-state index < -0.39 is 0 Å². The number of hydrogen-bond donors (Lipinski definition) is 1. The third-order valence-corrected chi connectivity index (χ3v) is 11.7. The van der Waals surface area contributed by atoms with Crippen LogP contribution < -0.4 is 10.2 Å². The Hall–Kier alpha value is -3.71. The summed E-state index contributed by atoms with van der Waals surface area (Å²) in [6.07, 6.45) is 20.9. The van der Waals surface area contributed by atoms with E-state index in [0.29, 0.717) is 38.4 Å². The molecule has 0 spiro atoms. The zero-order valence-corrected chi connectivity index (χ0v) is 36.1. The molecule has 0 atom stereocenters. The monoisotopic (exact) mass is 763 g/mol. The van der Waals surface area contributed by atoms with Gasteiger partial charge in [-0.05, 0) is 93.1 Å². The Morgan fingerprint density at radius 2 is 1.48 bits per heavy atom. The Labute approximate surface area is 340 Å². The lowest BCUT2D eigenvalue weighted by Gasteiger charge is -2.24. The fraction of sp³-hybridized carbons (Fsp3) is 0.540. The van der Waals surface area contributed by atoms with Gasteiger partial charge in [-0.3, -0.25) is 0 Å². The molecule has 5 rings (SSSR count). The summed E-state index contributed by atoms with van der Waals surface area (Å²) in [4.78, 5) is 2.36. The van der Waals surface area contributed by atoms with Crippen LogP contribution in [0.1, 0.15) is 111 Å². The lowest BCUT2D eigenvalue weighted by atomic mass is 9.81. The average molecular weight is 763 g/mol. The van der Waals surface area contributed by atoms with Gasteiger partial charge in [0.2, 0.25) is 5.69 Å². The standard InChI is InChI=1S/C50H72N3O3/c1-39(51-30-33-55-35-37-56-36-34-54-32-29-48(2,3)4)18-11-10-16-31-53-45-24-15-13-22-43(45)50(7,8)47(53)28-26-41-20-17-19-40(38-41)25-27-46-49(5,6)42-21-12-14-23-44(42)52(46)9/h12-15,21-28,38,51H,1,10-11,16-20,29-37H2,2-9H3/q+1. The number of ether oxygens (including phenoxy) is 3. The SMILES string of the molecule is C=C(CCCCC[N+]1=C(/C=C/C2=CC(=C/C=C3/N(C)c4ccccc4C3(C)C)/CCC2)C(C)(C)c2ccccc21)NCCOCCOCCOCCC(C)(C)C. The minimum Gasteiger partial charge on any atom is -0.387 e. The largest absolute Gasteiger partial charge is 0.387 e. The van der Waals surface area contributed by atoms with Crippen LogP contribution in [-0.4, -0.2) is 70.1 Å². The molecule has 3 aliphatic rings. The molecule has 1 N–H and O–H groups in total. The minimum atomic E-state index is -0.0498. The molecule has 56 heavy (non-hydrogen) atoms. The second-order valence-corrected chi connectivity index (χ2v) is 18.1. The van der Waals surface area contributed by atoms with Crippen molar-refractivity contribution >= 4 is 17.1 Å². The molecule has 304 valence electrons. The second-order valence-electron chi connectivity index (χ2n) is 18.1. The van der Waals surface area contributed by atoms with Crippen molar-refractivity contribution < 1.29 is 18.8 Å². The summed E-state index contributed by atoms with van der Waals surface area (Å²) in [5.41, 5.74) is 12.4. The van der Waals surface area contributed by atoms with Crippen LogP contribution in [0.2, 0.25) is 0 Å². The number of nitrogens with zero attached hydrogens (tertiary/aromatic N) is 2. The van der Waals surface area contributed by atoms with Gasteiger partial charge in [0.25, 0.3) is 0 Å². The fourth-order valence-corrected chi connectivity index (χ4v) is 8.29. The average Bonchev–Trinajstić information content (AvgIpc) is 3.50. The molecule has 0 radical (unpaired) electrons. The molecule has 0 amide bonds. The van der Waals surface area contributed by atoms with Crippen molar-refractivity contribution in [3.8, 4) is 0 Å². The first-order chi connectivity index (χ1) is 26.8. The molecule has 2 heterocycles. The number of unbranched alkanes of at least 4 members (excludes halogenated alkanes) is 2. The summed E-state index contributed by atoms with van der Waals surface area (Å²) in [6.45, 7) is 26.1. The Bertz CT molecular complexity index is 1780. The molecule has 6 nitrogen and oxygen atoms in total. The number of anilines is 1. The number of nitrogens with one attached hydrogen (secondary N) is 1. The Balaban J connectivity index is 1.08. The topological polar surface area (TPSA) is 46.0 Å². The number of hydrogen-bond acceptors (Lipinski definition) is 5. The summed E-state index contributed by atoms with van der Waals surface area (Å²) < 4.78 is 19.6. The minimum absolute atomic E-state index is 0.00857. The highest BCUT2D eigenvalue weighted by Gasteiger charge is 2.44. The van der Waals surface area contributed by atoms with E-state index in [1.165, 1.54) is 51.5 Å². The number of fused-ring (bicyclic) bond motifs is 2. The highest BCUT2D eigenvalue weighted by molar-refractivity contribution is 6.03. The van der Waals surface area contributed by atoms with E-state index in [1.54, 1.807) is 0 Å². The lowest BCUT2D eigenvalue weighted by Crippen LogP contribution is -2.28. The van der Waals surface area contributed by atoms with Crippen molar-refractivity contribution in [3.63, 3.8) is 0 Å². The molecule has 0 unspecified atom stereocenters. The summed E-state index contributed by atoms with van der Waals surface area (Å²) in [5, 5.41) is 3.45. The van der Waals surface area contributed by atoms with Crippen LogP contribution in [-0.2, 0) is 25.0 Å². The zero-order chi connectivity index (χ0) is 40.2. The Kier molecular flexibility index (Phi) is 15.6. The van der Waals surface area contributed by atoms with Gasteiger partial charge in [0, 0.05) is 66.8 Å². The van der Waals surface area contributed by atoms with Gasteiger partial charge in [-0.15, -0.1) is 0 Å². The number of para-hydroxylation sites is 2. The molecule has 0 bridgehead atoms. The molecule has 0 saturated carbocycles. The van der Waals surface area contributed by atoms with E-state index in [9.17, 15) is 0 Å². The van der Waals surface area contributed by atoms with E-state index >= 15 is 0 Å². The molecular formula is C50H72N3O3+. The van der Waals surface area contributed by atoms with Crippen molar-refractivity contribution in [2.75, 3.05) is 64.7 Å². The van der Waals surface area contributed by atoms with Crippen LogP contribution in [0, 0.1) is 5.41 Å². The molecule has 2 aromatic rings. The first-order valence-corrected chi connectivity index (χ1v) is 21.3. The van der Waals surface area contributed by atoms with Crippen molar-refractivity contribution in [1.82, 2.24) is 5.32 Å². The Morgan fingerprint density at radius 1 is 0.804 bits per heavy atom. The van der Waals surface area contributed by atoms with Crippen LogP contribution in [0.15, 0.2) is 108 Å². The molecule has 0 fully saturated rings. The maximum atomic E-state index is 5.73. The van der Waals surface area contributed by atoms with Gasteiger partial charge in [-0.1, -0.05) is 95.8 Å². The second kappa shape index (κ2) is 20.1. The van der Waals surface area contributed by atoms with E-state index in [4.69, 9.17) is 14.2 Å². The zero-order valence-electron chi connectivity index (χ0n) is 36.1. The van der Waals surface area contributed by atoms with Crippen molar-refractivity contribution in [2.45, 2.75) is 111 Å². The normalized spacial score (nSPS) is 18.9. The number of likely N-dealkylation sites (N-methyl/N-ethyl adjacent to an activating group) is 1. The van der Waals surface area contributed by atoms with Crippen LogP contribution in [0.25, 0.3) is 0 Å². The lowest BCUT2D eigenvalue weighted by molar-refractivity contribution is -0.438. The molecule has 1 aliphatic carbocycles. The van der Waals surface area contributed by atoms with E-state index in [1.807, 2.05) is 0 Å². The number of benzene rings is 2. The highest BCUT2D eigenvalue weighted by atomic mass is 16.5. The van der Waals surface area contributed by atoms with Gasteiger partial charge < -0.3 is 24.4 Å². The fourth-order valence-electron chi connectivity index (χ4n) is 8.29. The quantitative estimate of drug-likeness (QED) is 0.101. The van der Waals surface area contributed by atoms with Crippen molar-refractivity contribution in [3.05, 3.63) is 119 Å². The highest BCUT2D eigenvalue weighted by Crippen LogP contribution is 2.47. The van der Waals surface area contributed by atoms with Gasteiger partial charge in [0.05, 0.1) is 38.4 Å². The predicted octanol–water partition coefficient (Wildman–Crippen LogP) is 11.1. The van der Waals surface area contributed by atoms with Gasteiger partial charge in [0.1, 0.15) is 6.54 Å². The number of allylic oxidation sites excluding steroid dienone is 9. The van der Waals surface area contributed by atoms with Gasteiger partial charge in [0.15, 0.2) is 5.71 Å². The van der Waals surface area contributed by atoms with Gasteiger partial charge in [-0.25, -0.2) is 0 Å².